The predicted octanol–water partition coefficient (Wildman–Crippen LogP) is 4.08. The molecule has 1 heterocycles. The van der Waals surface area contributed by atoms with Gasteiger partial charge < -0.3 is 20.1 Å². The molecule has 0 aliphatic carbocycles. The number of rotatable bonds is 3. The summed E-state index contributed by atoms with van der Waals surface area (Å²) in [7, 11) is 0. The molecule has 2 N–H and O–H groups in total. The van der Waals surface area contributed by atoms with E-state index in [2.05, 4.69) is 43.5 Å². The number of thiocarbonyl (C=S) groups is 1. The van der Waals surface area contributed by atoms with Crippen molar-refractivity contribution >= 4 is 23.0 Å². The lowest BCUT2D eigenvalue weighted by molar-refractivity contribution is 0.174. The number of fused-ring (bicyclic) bond motifs is 1. The molecule has 1 aliphatic heterocycles. The van der Waals surface area contributed by atoms with Crippen LogP contribution in [0.4, 0.5) is 5.69 Å². The molecule has 0 radical (unpaired) electrons. The van der Waals surface area contributed by atoms with E-state index < -0.39 is 0 Å². The smallest absolute Gasteiger partial charge is 0.231 e. The van der Waals surface area contributed by atoms with E-state index in [1.165, 1.54) is 11.1 Å². The minimum Gasteiger partial charge on any atom is -0.454 e. The first-order chi connectivity index (χ1) is 11.0. The molecule has 5 heteroatoms. The first kappa shape index (κ1) is 15.6. The lowest BCUT2D eigenvalue weighted by Gasteiger charge is -2.18. The Morgan fingerprint density at radius 2 is 1.87 bits per heavy atom. The number of hydrogen-bond donors (Lipinski definition) is 2. The van der Waals surface area contributed by atoms with Gasteiger partial charge in [-0.2, -0.15) is 0 Å². The van der Waals surface area contributed by atoms with Crippen LogP contribution in [0, 0.1) is 13.8 Å². The highest BCUT2D eigenvalue weighted by molar-refractivity contribution is 7.80. The highest BCUT2D eigenvalue weighted by Gasteiger charge is 2.16. The average Bonchev–Trinajstić information content (AvgIpc) is 2.97. The molecule has 0 aromatic heterocycles. The molecule has 0 bridgehead atoms. The number of anilines is 1. The lowest BCUT2D eigenvalue weighted by Crippen LogP contribution is -2.31. The van der Waals surface area contributed by atoms with Crippen molar-refractivity contribution in [2.45, 2.75) is 26.8 Å². The van der Waals surface area contributed by atoms with Gasteiger partial charge in [0, 0.05) is 5.69 Å². The third-order valence-electron chi connectivity index (χ3n) is 3.87. The number of hydrogen-bond acceptors (Lipinski definition) is 3. The number of aryl methyl sites for hydroxylation is 2. The largest absolute Gasteiger partial charge is 0.454 e. The topological polar surface area (TPSA) is 42.5 Å². The van der Waals surface area contributed by atoms with Crippen LogP contribution in [0.5, 0.6) is 11.5 Å². The molecule has 0 saturated heterocycles. The van der Waals surface area contributed by atoms with Crippen molar-refractivity contribution in [3.8, 4) is 11.5 Å². The van der Waals surface area contributed by atoms with Gasteiger partial charge in [-0.1, -0.05) is 23.8 Å². The maximum Gasteiger partial charge on any atom is 0.231 e. The van der Waals surface area contributed by atoms with E-state index in [1.807, 2.05) is 24.3 Å². The van der Waals surface area contributed by atoms with Crippen molar-refractivity contribution in [3.05, 3.63) is 53.1 Å². The fourth-order valence-electron chi connectivity index (χ4n) is 2.57. The van der Waals surface area contributed by atoms with Crippen LogP contribution in [0.1, 0.15) is 29.7 Å². The highest BCUT2D eigenvalue weighted by atomic mass is 32.1. The second kappa shape index (κ2) is 6.46. The quantitative estimate of drug-likeness (QED) is 0.831. The molecule has 2 aromatic carbocycles. The van der Waals surface area contributed by atoms with Crippen molar-refractivity contribution in [1.29, 1.82) is 0 Å². The number of benzene rings is 2. The molecule has 1 atom stereocenters. The molecule has 0 fully saturated rings. The minimum atomic E-state index is 0.0651. The van der Waals surface area contributed by atoms with Crippen molar-refractivity contribution in [3.63, 3.8) is 0 Å². The van der Waals surface area contributed by atoms with Crippen LogP contribution in [0.15, 0.2) is 36.4 Å². The molecule has 0 spiro atoms. The summed E-state index contributed by atoms with van der Waals surface area (Å²) in [6.45, 7) is 6.50. The summed E-state index contributed by atoms with van der Waals surface area (Å²) in [6.07, 6.45) is 0. The van der Waals surface area contributed by atoms with Crippen molar-refractivity contribution < 1.29 is 9.47 Å². The van der Waals surface area contributed by atoms with Gasteiger partial charge in [0.1, 0.15) is 0 Å². The minimum absolute atomic E-state index is 0.0651. The summed E-state index contributed by atoms with van der Waals surface area (Å²) < 4.78 is 10.8. The van der Waals surface area contributed by atoms with Gasteiger partial charge in [-0.25, -0.2) is 0 Å². The zero-order valence-electron chi connectivity index (χ0n) is 13.5. The van der Waals surface area contributed by atoms with Gasteiger partial charge in [0.2, 0.25) is 6.79 Å². The Balaban J connectivity index is 1.65. The molecular formula is C18H20N2O2S. The van der Waals surface area contributed by atoms with E-state index in [0.29, 0.717) is 5.11 Å². The summed E-state index contributed by atoms with van der Waals surface area (Å²) in [5, 5.41) is 7.16. The summed E-state index contributed by atoms with van der Waals surface area (Å²) in [5.41, 5.74) is 4.52. The van der Waals surface area contributed by atoms with Crippen LogP contribution in [0.2, 0.25) is 0 Å². The fourth-order valence-corrected chi connectivity index (χ4v) is 2.86. The van der Waals surface area contributed by atoms with Crippen molar-refractivity contribution in [1.82, 2.24) is 5.32 Å². The summed E-state index contributed by atoms with van der Waals surface area (Å²) in [6, 6.07) is 12.2. The Kier molecular flexibility index (Phi) is 4.39. The van der Waals surface area contributed by atoms with E-state index in [-0.39, 0.29) is 12.8 Å². The second-order valence-electron chi connectivity index (χ2n) is 5.75. The molecule has 0 saturated carbocycles. The Bertz CT molecular complexity index is 746. The molecule has 1 unspecified atom stereocenters. The van der Waals surface area contributed by atoms with Crippen LogP contribution < -0.4 is 20.1 Å². The predicted molar refractivity (Wildman–Crippen MR) is 96.3 cm³/mol. The van der Waals surface area contributed by atoms with E-state index in [4.69, 9.17) is 21.7 Å². The molecule has 4 nitrogen and oxygen atoms in total. The van der Waals surface area contributed by atoms with Gasteiger partial charge in [0.25, 0.3) is 0 Å². The first-order valence-electron chi connectivity index (χ1n) is 7.57. The van der Waals surface area contributed by atoms with Crippen LogP contribution in [-0.4, -0.2) is 11.9 Å². The van der Waals surface area contributed by atoms with Gasteiger partial charge in [0.05, 0.1) is 6.04 Å². The molecule has 120 valence electrons. The zero-order chi connectivity index (χ0) is 16.4. The molecule has 0 amide bonds. The maximum absolute atomic E-state index is 5.43. The van der Waals surface area contributed by atoms with Crippen molar-refractivity contribution in [2.75, 3.05) is 12.1 Å². The summed E-state index contributed by atoms with van der Waals surface area (Å²) >= 11 is 5.43. The van der Waals surface area contributed by atoms with Crippen LogP contribution >= 0.6 is 12.2 Å². The maximum atomic E-state index is 5.43. The van der Waals surface area contributed by atoms with E-state index >= 15 is 0 Å². The third-order valence-corrected chi connectivity index (χ3v) is 4.09. The molecule has 23 heavy (non-hydrogen) atoms. The van der Waals surface area contributed by atoms with E-state index in [9.17, 15) is 0 Å². The Hall–Kier alpha value is -2.27. The van der Waals surface area contributed by atoms with E-state index in [0.717, 1.165) is 22.7 Å². The molecule has 2 aromatic rings. The Labute approximate surface area is 141 Å². The normalized spacial score (nSPS) is 13.5. The van der Waals surface area contributed by atoms with Gasteiger partial charge >= 0.3 is 0 Å². The zero-order valence-corrected chi connectivity index (χ0v) is 14.3. The summed E-state index contributed by atoms with van der Waals surface area (Å²) in [5.74, 6) is 1.57. The Morgan fingerprint density at radius 1 is 1.09 bits per heavy atom. The highest BCUT2D eigenvalue weighted by Crippen LogP contribution is 2.34. The Morgan fingerprint density at radius 3 is 2.65 bits per heavy atom. The van der Waals surface area contributed by atoms with Gasteiger partial charge in [0.15, 0.2) is 16.6 Å². The second-order valence-corrected chi connectivity index (χ2v) is 6.16. The van der Waals surface area contributed by atoms with Crippen molar-refractivity contribution in [2.24, 2.45) is 0 Å². The number of ether oxygens (including phenoxy) is 2. The standard InChI is InChI=1S/C18H20N2O2S/c1-11-4-6-15(12(2)8-11)20-18(23)19-13(3)14-5-7-16-17(9-14)22-10-21-16/h4-9,13H,10H2,1-3H3,(H2,19,20,23). The lowest BCUT2D eigenvalue weighted by atomic mass is 10.1. The van der Waals surface area contributed by atoms with Gasteiger partial charge in [-0.15, -0.1) is 0 Å². The van der Waals surface area contributed by atoms with Gasteiger partial charge in [-0.3, -0.25) is 0 Å². The molecular weight excluding hydrogens is 308 g/mol. The van der Waals surface area contributed by atoms with Gasteiger partial charge in [-0.05, 0) is 62.3 Å². The number of nitrogens with one attached hydrogen (secondary N) is 2. The van der Waals surface area contributed by atoms with Crippen LogP contribution in [-0.2, 0) is 0 Å². The monoisotopic (exact) mass is 328 g/mol. The summed E-state index contributed by atoms with van der Waals surface area (Å²) in [4.78, 5) is 0. The van der Waals surface area contributed by atoms with E-state index in [1.54, 1.807) is 0 Å². The van der Waals surface area contributed by atoms with Crippen LogP contribution in [0.25, 0.3) is 0 Å². The fraction of sp³-hybridized carbons (Fsp3) is 0.278. The van der Waals surface area contributed by atoms with Crippen LogP contribution in [0.3, 0.4) is 0 Å². The molecule has 3 rings (SSSR count). The molecule has 1 aliphatic rings. The first-order valence-corrected chi connectivity index (χ1v) is 7.98. The average molecular weight is 328 g/mol. The SMILES string of the molecule is Cc1ccc(NC(=S)NC(C)c2ccc3c(c2)OCO3)c(C)c1. The third kappa shape index (κ3) is 3.56.